The van der Waals surface area contributed by atoms with Crippen LogP contribution in [0.5, 0.6) is 0 Å². The molecule has 0 saturated heterocycles. The molecule has 0 amide bonds. The van der Waals surface area contributed by atoms with Gasteiger partial charge in [-0.3, -0.25) is 4.57 Å². The first-order chi connectivity index (χ1) is 32.7. The Kier molecular flexibility index (Phi) is 9.03. The first kappa shape index (κ1) is 38.1. The molecule has 3 aromatic heterocycles. The molecule has 0 aliphatic rings. The average Bonchev–Trinajstić information content (AvgIpc) is 4.07. The molecule has 0 unspecified atom stereocenters. The fourth-order valence-corrected chi connectivity index (χ4v) is 11.1. The Morgan fingerprint density at radius 3 is 1.62 bits per heavy atom. The first-order valence-corrected chi connectivity index (χ1v) is 23.2. The molecule has 66 heavy (non-hydrogen) atoms. The van der Waals surface area contributed by atoms with Crippen molar-refractivity contribution >= 4 is 81.5 Å². The molecule has 0 radical (unpaired) electrons. The van der Waals surface area contributed by atoms with E-state index in [1.807, 2.05) is 11.3 Å². The molecule has 4 heteroatoms. The molecule has 13 aromatic rings. The van der Waals surface area contributed by atoms with Crippen molar-refractivity contribution in [3.63, 3.8) is 0 Å². The van der Waals surface area contributed by atoms with Crippen LogP contribution in [0.4, 0.5) is 17.1 Å². The van der Waals surface area contributed by atoms with Crippen LogP contribution >= 0.6 is 11.3 Å². The molecule has 0 N–H and O–H groups in total. The number of hydrogen-bond acceptors (Lipinski definition) is 3. The van der Waals surface area contributed by atoms with Gasteiger partial charge in [0.2, 0.25) is 5.71 Å². The number of anilines is 3. The maximum absolute atomic E-state index is 6.96. The summed E-state index contributed by atoms with van der Waals surface area (Å²) in [6, 6.07) is 87.4. The van der Waals surface area contributed by atoms with Crippen molar-refractivity contribution in [2.45, 2.75) is 0 Å². The third-order valence-corrected chi connectivity index (χ3v) is 14.3. The number of rotatable bonds is 8. The maximum Gasteiger partial charge on any atom is 0.213 e. The molecule has 0 aliphatic heterocycles. The van der Waals surface area contributed by atoms with Gasteiger partial charge < -0.3 is 9.32 Å². The van der Waals surface area contributed by atoms with Crippen LogP contribution in [0, 0.1) is 0 Å². The van der Waals surface area contributed by atoms with Gasteiger partial charge in [0.1, 0.15) is 5.58 Å². The minimum Gasteiger partial charge on any atom is -0.438 e. The molecule has 0 saturated carbocycles. The Labute approximate surface area is 386 Å². The van der Waals surface area contributed by atoms with Crippen LogP contribution in [0.1, 0.15) is 0 Å². The van der Waals surface area contributed by atoms with Crippen LogP contribution in [0.3, 0.4) is 0 Å². The van der Waals surface area contributed by atoms with Gasteiger partial charge in [-0.2, -0.15) is 0 Å². The van der Waals surface area contributed by atoms with Gasteiger partial charge in [0.05, 0.1) is 10.9 Å². The van der Waals surface area contributed by atoms with E-state index < -0.39 is 0 Å². The quantitative estimate of drug-likeness (QED) is 0.152. The highest BCUT2D eigenvalue weighted by Crippen LogP contribution is 2.45. The molecule has 0 aliphatic carbocycles. The second-order valence-electron chi connectivity index (χ2n) is 16.9. The third-order valence-electron chi connectivity index (χ3n) is 13.0. The minimum atomic E-state index is 0.856. The van der Waals surface area contributed by atoms with Gasteiger partial charge in [-0.1, -0.05) is 182 Å². The molecule has 0 spiro atoms. The first-order valence-electron chi connectivity index (χ1n) is 22.4. The van der Waals surface area contributed by atoms with Gasteiger partial charge in [-0.15, -0.1) is 11.3 Å². The van der Waals surface area contributed by atoms with E-state index in [0.29, 0.717) is 0 Å². The Morgan fingerprint density at radius 2 is 0.894 bits per heavy atom. The van der Waals surface area contributed by atoms with Crippen LogP contribution in [-0.4, -0.2) is 4.57 Å². The summed E-state index contributed by atoms with van der Waals surface area (Å²) in [7, 11) is 0. The van der Waals surface area contributed by atoms with Gasteiger partial charge in [0, 0.05) is 59.3 Å². The lowest BCUT2D eigenvalue weighted by Gasteiger charge is -2.26. The average molecular weight is 861 g/mol. The summed E-state index contributed by atoms with van der Waals surface area (Å²) < 4.78 is 11.8. The number of nitrogens with zero attached hydrogens (tertiary/aromatic N) is 2. The van der Waals surface area contributed by atoms with E-state index in [4.69, 9.17) is 4.42 Å². The summed E-state index contributed by atoms with van der Waals surface area (Å²) in [6.45, 7) is 0. The fourth-order valence-electron chi connectivity index (χ4n) is 9.89. The van der Waals surface area contributed by atoms with E-state index in [1.165, 1.54) is 58.9 Å². The minimum absolute atomic E-state index is 0.856. The van der Waals surface area contributed by atoms with Gasteiger partial charge >= 0.3 is 0 Å². The number of para-hydroxylation sites is 3. The number of fused-ring (bicyclic) bond motifs is 8. The van der Waals surface area contributed by atoms with E-state index >= 15 is 0 Å². The van der Waals surface area contributed by atoms with Crippen molar-refractivity contribution in [1.82, 2.24) is 4.57 Å². The van der Waals surface area contributed by atoms with Crippen LogP contribution in [0.2, 0.25) is 0 Å². The van der Waals surface area contributed by atoms with Crippen molar-refractivity contribution in [3.05, 3.63) is 243 Å². The number of thiophene rings is 1. The second-order valence-corrected chi connectivity index (χ2v) is 17.9. The number of hydrogen-bond donors (Lipinski definition) is 0. The number of aromatic nitrogens is 1. The van der Waals surface area contributed by atoms with Crippen molar-refractivity contribution in [2.75, 3.05) is 4.90 Å². The molecule has 13 rings (SSSR count). The lowest BCUT2D eigenvalue weighted by atomic mass is 9.99. The van der Waals surface area contributed by atoms with E-state index in [1.54, 1.807) is 0 Å². The summed E-state index contributed by atoms with van der Waals surface area (Å²) >= 11 is 1.87. The van der Waals surface area contributed by atoms with Crippen LogP contribution < -0.4 is 4.90 Å². The lowest BCUT2D eigenvalue weighted by molar-refractivity contribution is 0.646. The monoisotopic (exact) mass is 860 g/mol. The van der Waals surface area contributed by atoms with Gasteiger partial charge in [-0.25, -0.2) is 0 Å². The maximum atomic E-state index is 6.96. The fraction of sp³-hybridized carbons (Fsp3) is 0. The van der Waals surface area contributed by atoms with E-state index in [9.17, 15) is 0 Å². The Morgan fingerprint density at radius 1 is 0.364 bits per heavy atom. The highest BCUT2D eigenvalue weighted by molar-refractivity contribution is 7.26. The molecular formula is C62H40N2OS. The second kappa shape index (κ2) is 15.7. The van der Waals surface area contributed by atoms with E-state index in [-0.39, 0.29) is 0 Å². The summed E-state index contributed by atoms with van der Waals surface area (Å²) in [6.07, 6.45) is 0. The summed E-state index contributed by atoms with van der Waals surface area (Å²) in [5.41, 5.74) is 16.5. The molecule has 0 atom stereocenters. The lowest BCUT2D eigenvalue weighted by Crippen LogP contribution is -2.10. The Hall–Kier alpha value is -8.44. The molecule has 3 nitrogen and oxygen atoms in total. The van der Waals surface area contributed by atoms with Gasteiger partial charge in [-0.05, 0) is 99.6 Å². The number of furan rings is 1. The zero-order valence-electron chi connectivity index (χ0n) is 35.8. The summed E-state index contributed by atoms with van der Waals surface area (Å²) in [4.78, 5) is 2.37. The van der Waals surface area contributed by atoms with Crippen molar-refractivity contribution in [1.29, 1.82) is 0 Å². The smallest absolute Gasteiger partial charge is 0.213 e. The molecule has 0 bridgehead atoms. The van der Waals surface area contributed by atoms with Crippen molar-refractivity contribution < 1.29 is 4.42 Å². The molecule has 0 fully saturated rings. The summed E-state index contributed by atoms with van der Waals surface area (Å²) in [5, 5.41) is 6.03. The van der Waals surface area contributed by atoms with Crippen LogP contribution in [0.25, 0.3) is 103 Å². The molecule has 10 aromatic carbocycles. The number of benzene rings is 10. The predicted molar refractivity (Wildman–Crippen MR) is 280 cm³/mol. The van der Waals surface area contributed by atoms with Gasteiger partial charge in [0.15, 0.2) is 0 Å². The van der Waals surface area contributed by atoms with Crippen molar-refractivity contribution in [3.8, 4) is 50.2 Å². The standard InChI is InChI=1S/C62H40N2OS/c1-3-14-41(15-4-1)42-28-30-43(31-29-42)44-32-36-48(37-33-44)63(50-19-11-16-46(40-50)52-23-13-24-54-53-20-8-10-27-58(53)66-61(52)54)49-38-34-45(35-39-49)51-22-12-25-56-59-55-21-7-9-26-57(55)64(62(59)65-60(51)56)47-17-5-2-6-18-47/h1-40H. The Bertz CT molecular complexity index is 3900. The topological polar surface area (TPSA) is 21.3 Å². The highest BCUT2D eigenvalue weighted by Gasteiger charge is 2.22. The SMILES string of the molecule is c1ccc(-c2ccc(-c3ccc(N(c4ccc(-c5cccc6c5oc5c6c6ccccc6n5-c5ccccc5)cc4)c4cccc(-c5cccc6c5sc5ccccc56)c4)cc3)cc2)cc1. The summed E-state index contributed by atoms with van der Waals surface area (Å²) in [5.74, 6) is 0. The van der Waals surface area contributed by atoms with Crippen LogP contribution in [-0.2, 0) is 0 Å². The zero-order chi connectivity index (χ0) is 43.6. The zero-order valence-corrected chi connectivity index (χ0v) is 36.6. The highest BCUT2D eigenvalue weighted by atomic mass is 32.1. The van der Waals surface area contributed by atoms with Crippen LogP contribution in [0.15, 0.2) is 247 Å². The van der Waals surface area contributed by atoms with E-state index in [2.05, 4.69) is 252 Å². The Balaban J connectivity index is 0.915. The molecule has 3 heterocycles. The third kappa shape index (κ3) is 6.34. The van der Waals surface area contributed by atoms with Crippen molar-refractivity contribution in [2.24, 2.45) is 0 Å². The molecular weight excluding hydrogens is 821 g/mol. The predicted octanol–water partition coefficient (Wildman–Crippen LogP) is 18.0. The normalized spacial score (nSPS) is 11.6. The van der Waals surface area contributed by atoms with E-state index in [0.717, 1.165) is 61.5 Å². The molecule has 310 valence electrons. The largest absolute Gasteiger partial charge is 0.438 e. The van der Waals surface area contributed by atoms with Gasteiger partial charge in [0.25, 0.3) is 0 Å².